The number of hydrogen-bond donors (Lipinski definition) is 0. The van der Waals surface area contributed by atoms with Crippen molar-refractivity contribution in [2.45, 2.75) is 13.5 Å². The maximum absolute atomic E-state index is 13.6. The van der Waals surface area contributed by atoms with E-state index in [-0.39, 0.29) is 18.4 Å². The molecule has 0 atom stereocenters. The number of amides is 2. The van der Waals surface area contributed by atoms with Gasteiger partial charge in [0.2, 0.25) is 0 Å². The Kier molecular flexibility index (Phi) is 6.36. The molecule has 2 heterocycles. The van der Waals surface area contributed by atoms with Crippen LogP contribution in [-0.4, -0.2) is 35.9 Å². The lowest BCUT2D eigenvalue weighted by Gasteiger charge is -2.13. The monoisotopic (exact) mass is 440 g/mol. The van der Waals surface area contributed by atoms with Gasteiger partial charge in [-0.2, -0.15) is 0 Å². The van der Waals surface area contributed by atoms with Gasteiger partial charge in [-0.15, -0.1) is 0 Å². The minimum absolute atomic E-state index is 0.149. The molecule has 166 valence electrons. The van der Waals surface area contributed by atoms with E-state index in [1.807, 2.05) is 55.5 Å². The highest BCUT2D eigenvalue weighted by atomic mass is 16.5. The molecule has 0 N–H and O–H groups in total. The van der Waals surface area contributed by atoms with Gasteiger partial charge in [0.05, 0.1) is 31.9 Å². The number of pyridine rings is 1. The maximum Gasteiger partial charge on any atom is 0.262 e. The molecule has 1 aromatic heterocycles. The second-order valence-electron chi connectivity index (χ2n) is 7.63. The number of carbonyl (C=O) groups is 2. The highest BCUT2D eigenvalue weighted by Gasteiger charge is 2.40. The second kappa shape index (κ2) is 9.53. The van der Waals surface area contributed by atoms with Crippen molar-refractivity contribution in [1.82, 2.24) is 9.88 Å². The van der Waals surface area contributed by atoms with Crippen molar-refractivity contribution < 1.29 is 19.1 Å². The maximum atomic E-state index is 13.6. The summed E-state index contributed by atoms with van der Waals surface area (Å²) in [6.07, 6.45) is 5.08. The Morgan fingerprint density at radius 2 is 1.64 bits per heavy atom. The average Bonchev–Trinajstić information content (AvgIpc) is 3.08. The van der Waals surface area contributed by atoms with Gasteiger partial charge >= 0.3 is 0 Å². The summed E-state index contributed by atoms with van der Waals surface area (Å²) in [5.41, 5.74) is 3.74. The first-order valence-electron chi connectivity index (χ1n) is 10.5. The van der Waals surface area contributed by atoms with Crippen LogP contribution in [-0.2, 0) is 16.1 Å². The molecule has 2 amide bonds. The van der Waals surface area contributed by atoms with E-state index in [0.717, 1.165) is 16.7 Å². The summed E-state index contributed by atoms with van der Waals surface area (Å²) in [6.45, 7) is 1.98. The van der Waals surface area contributed by atoms with Crippen molar-refractivity contribution in [1.29, 1.82) is 0 Å². The van der Waals surface area contributed by atoms with E-state index in [9.17, 15) is 9.59 Å². The summed E-state index contributed by atoms with van der Waals surface area (Å²) in [4.78, 5) is 32.4. The van der Waals surface area contributed by atoms with Crippen LogP contribution in [0.3, 0.4) is 0 Å². The first kappa shape index (κ1) is 22.0. The number of methoxy groups -OCH3 is 2. The summed E-state index contributed by atoms with van der Waals surface area (Å²) in [5.74, 6) is 0.519. The predicted molar refractivity (Wildman–Crippen MR) is 126 cm³/mol. The van der Waals surface area contributed by atoms with E-state index in [1.165, 1.54) is 4.90 Å². The van der Waals surface area contributed by atoms with Crippen molar-refractivity contribution in [3.63, 3.8) is 0 Å². The smallest absolute Gasteiger partial charge is 0.262 e. The van der Waals surface area contributed by atoms with Gasteiger partial charge in [0.25, 0.3) is 11.8 Å². The van der Waals surface area contributed by atoms with Crippen LogP contribution in [0.4, 0.5) is 0 Å². The zero-order valence-electron chi connectivity index (χ0n) is 18.7. The predicted octanol–water partition coefficient (Wildman–Crippen LogP) is 4.52. The number of carbonyl (C=O) groups excluding carboxylic acids is 2. The molecule has 0 radical (unpaired) electrons. The Bertz CT molecular complexity index is 1230. The van der Waals surface area contributed by atoms with Gasteiger partial charge in [-0.25, -0.2) is 0 Å². The molecule has 3 aromatic rings. The van der Waals surface area contributed by atoms with E-state index in [2.05, 4.69) is 4.98 Å². The van der Waals surface area contributed by atoms with Crippen LogP contribution in [0.25, 0.3) is 11.6 Å². The molecule has 4 rings (SSSR count). The van der Waals surface area contributed by atoms with Gasteiger partial charge in [-0.1, -0.05) is 36.4 Å². The molecule has 0 saturated carbocycles. The number of likely N-dealkylation sites (tertiary alicyclic amines) is 1. The molecule has 0 spiro atoms. The Labute approximate surface area is 192 Å². The SMILES string of the molecule is COc1cc(OC)cc(/C(C)=C2\C(=O)N(Cc3cccnc3)C(=O)\C2=C\c2ccccc2)c1. The standard InChI is InChI=1S/C27H24N2O4/c1-18(21-13-22(32-2)15-23(14-21)33-3)25-24(12-19-8-5-4-6-9-19)26(30)29(27(25)31)17-20-10-7-11-28-16-20/h4-16H,17H2,1-3H3/b24-12+,25-18-. The molecular weight excluding hydrogens is 416 g/mol. The normalized spacial score (nSPS) is 16.3. The number of allylic oxidation sites excluding steroid dienone is 1. The first-order chi connectivity index (χ1) is 16.0. The van der Waals surface area contributed by atoms with Crippen molar-refractivity contribution in [3.8, 4) is 11.5 Å². The molecule has 1 saturated heterocycles. The number of nitrogens with zero attached hydrogens (tertiary/aromatic N) is 2. The Morgan fingerprint density at radius 1 is 0.939 bits per heavy atom. The Balaban J connectivity index is 1.86. The summed E-state index contributed by atoms with van der Waals surface area (Å²) < 4.78 is 10.8. The molecule has 1 fully saturated rings. The zero-order chi connectivity index (χ0) is 23.4. The number of rotatable bonds is 6. The van der Waals surface area contributed by atoms with Crippen LogP contribution in [0.15, 0.2) is 84.2 Å². The summed E-state index contributed by atoms with van der Waals surface area (Å²) in [7, 11) is 3.14. The second-order valence-corrected chi connectivity index (χ2v) is 7.63. The fourth-order valence-electron chi connectivity index (χ4n) is 3.79. The number of imide groups is 1. The van der Waals surface area contributed by atoms with Crippen molar-refractivity contribution in [3.05, 3.63) is 101 Å². The molecule has 2 aromatic carbocycles. The molecular formula is C27H24N2O4. The quantitative estimate of drug-likeness (QED) is 0.416. The van der Waals surface area contributed by atoms with Crippen LogP contribution in [0.5, 0.6) is 11.5 Å². The highest BCUT2D eigenvalue weighted by Crippen LogP contribution is 2.36. The third-order valence-corrected chi connectivity index (χ3v) is 5.54. The van der Waals surface area contributed by atoms with Crippen molar-refractivity contribution in [2.75, 3.05) is 14.2 Å². The molecule has 1 aliphatic heterocycles. The largest absolute Gasteiger partial charge is 0.497 e. The third-order valence-electron chi connectivity index (χ3n) is 5.54. The molecule has 1 aliphatic rings. The molecule has 0 bridgehead atoms. The summed E-state index contributed by atoms with van der Waals surface area (Å²) in [5, 5.41) is 0. The molecule has 0 unspecified atom stereocenters. The average molecular weight is 440 g/mol. The molecule has 0 aliphatic carbocycles. The Morgan fingerprint density at radius 3 is 2.24 bits per heavy atom. The van der Waals surface area contributed by atoms with Gasteiger partial charge in [0, 0.05) is 18.5 Å². The molecule has 6 nitrogen and oxygen atoms in total. The van der Waals surface area contributed by atoms with Gasteiger partial charge in [0.15, 0.2) is 0 Å². The minimum Gasteiger partial charge on any atom is -0.497 e. The van der Waals surface area contributed by atoms with Crippen LogP contribution < -0.4 is 9.47 Å². The molecule has 6 heteroatoms. The van der Waals surface area contributed by atoms with E-state index >= 15 is 0 Å². The van der Waals surface area contributed by atoms with Crippen LogP contribution >= 0.6 is 0 Å². The van der Waals surface area contributed by atoms with Gasteiger partial charge in [0.1, 0.15) is 11.5 Å². The van der Waals surface area contributed by atoms with Gasteiger partial charge < -0.3 is 9.47 Å². The van der Waals surface area contributed by atoms with Crippen molar-refractivity contribution in [2.24, 2.45) is 0 Å². The lowest BCUT2D eigenvalue weighted by molar-refractivity contribution is -0.137. The number of benzene rings is 2. The van der Waals surface area contributed by atoms with Crippen LogP contribution in [0, 0.1) is 0 Å². The lowest BCUT2D eigenvalue weighted by atomic mass is 9.95. The van der Waals surface area contributed by atoms with E-state index in [4.69, 9.17) is 9.47 Å². The first-order valence-corrected chi connectivity index (χ1v) is 10.5. The topological polar surface area (TPSA) is 68.7 Å². The zero-order valence-corrected chi connectivity index (χ0v) is 18.7. The Hall–Kier alpha value is -4.19. The number of ether oxygens (including phenoxy) is 2. The number of hydrogen-bond acceptors (Lipinski definition) is 5. The van der Waals surface area contributed by atoms with E-state index in [1.54, 1.807) is 44.8 Å². The number of aromatic nitrogens is 1. The van der Waals surface area contributed by atoms with Crippen molar-refractivity contribution >= 4 is 23.5 Å². The third kappa shape index (κ3) is 4.55. The fourth-order valence-corrected chi connectivity index (χ4v) is 3.79. The van der Waals surface area contributed by atoms with Gasteiger partial charge in [-0.3, -0.25) is 19.5 Å². The van der Waals surface area contributed by atoms with Gasteiger partial charge in [-0.05, 0) is 53.5 Å². The molecule has 33 heavy (non-hydrogen) atoms. The summed E-state index contributed by atoms with van der Waals surface area (Å²) >= 11 is 0. The fraction of sp³-hybridized carbons (Fsp3) is 0.148. The highest BCUT2D eigenvalue weighted by molar-refractivity contribution is 6.29. The minimum atomic E-state index is -0.342. The van der Waals surface area contributed by atoms with E-state index in [0.29, 0.717) is 28.2 Å². The van der Waals surface area contributed by atoms with Crippen LogP contribution in [0.2, 0.25) is 0 Å². The van der Waals surface area contributed by atoms with Crippen LogP contribution in [0.1, 0.15) is 23.6 Å². The lowest BCUT2D eigenvalue weighted by Crippen LogP contribution is -2.29. The summed E-state index contributed by atoms with van der Waals surface area (Å²) in [6, 6.07) is 18.5. The van der Waals surface area contributed by atoms with E-state index < -0.39 is 0 Å².